The highest BCUT2D eigenvalue weighted by atomic mass is 32.2. The van der Waals surface area contributed by atoms with E-state index in [1.807, 2.05) is 54.4 Å². The molecule has 0 spiro atoms. The minimum Gasteiger partial charge on any atom is -0.365 e. The van der Waals surface area contributed by atoms with Crippen molar-refractivity contribution in [3.05, 3.63) is 84.6 Å². The second-order valence-electron chi connectivity index (χ2n) is 7.30. The van der Waals surface area contributed by atoms with E-state index in [0.29, 0.717) is 0 Å². The summed E-state index contributed by atoms with van der Waals surface area (Å²) in [7, 11) is 0. The molecule has 5 rings (SSSR count). The maximum Gasteiger partial charge on any atom is 0.323 e. The van der Waals surface area contributed by atoms with Crippen molar-refractivity contribution in [2.24, 2.45) is 0 Å². The summed E-state index contributed by atoms with van der Waals surface area (Å²) < 4.78 is 0. The Hall–Kier alpha value is -3.38. The summed E-state index contributed by atoms with van der Waals surface area (Å²) in [4.78, 5) is 19.3. The quantitative estimate of drug-likeness (QED) is 0.388. The lowest BCUT2D eigenvalue weighted by Gasteiger charge is -2.31. The van der Waals surface area contributed by atoms with Gasteiger partial charge in [-0.25, -0.2) is 4.79 Å². The van der Waals surface area contributed by atoms with Crippen LogP contribution in [0.25, 0.3) is 10.9 Å². The fraction of sp³-hybridized carbons (Fsp3) is 0.125. The van der Waals surface area contributed by atoms with Gasteiger partial charge in [-0.15, -0.1) is 11.8 Å². The molecule has 0 unspecified atom stereocenters. The first-order valence-electron chi connectivity index (χ1n) is 9.95. The summed E-state index contributed by atoms with van der Waals surface area (Å²) >= 11 is 1.86. The molecular weight excluding hydrogens is 392 g/mol. The van der Waals surface area contributed by atoms with Crippen LogP contribution < -0.4 is 15.5 Å². The summed E-state index contributed by atoms with van der Waals surface area (Å²) in [6.45, 7) is 1.85. The maximum atomic E-state index is 12.5. The van der Waals surface area contributed by atoms with E-state index >= 15 is 0 Å². The molecule has 0 fully saturated rings. The zero-order valence-corrected chi connectivity index (χ0v) is 17.2. The molecule has 0 radical (unpaired) electrons. The molecule has 0 bridgehead atoms. The van der Waals surface area contributed by atoms with Crippen LogP contribution in [-0.2, 0) is 6.54 Å². The second kappa shape index (κ2) is 8.16. The molecule has 2 heterocycles. The molecule has 0 atom stereocenters. The van der Waals surface area contributed by atoms with E-state index < -0.39 is 0 Å². The number of benzene rings is 3. The van der Waals surface area contributed by atoms with Crippen LogP contribution in [-0.4, -0.2) is 23.3 Å². The highest BCUT2D eigenvalue weighted by molar-refractivity contribution is 7.99. The van der Waals surface area contributed by atoms with Gasteiger partial charge in [0, 0.05) is 46.8 Å². The van der Waals surface area contributed by atoms with Crippen molar-refractivity contribution < 1.29 is 4.79 Å². The predicted octanol–water partition coefficient (Wildman–Crippen LogP) is 5.92. The van der Waals surface area contributed by atoms with Crippen molar-refractivity contribution in [3.8, 4) is 0 Å². The fourth-order valence-electron chi connectivity index (χ4n) is 3.74. The molecule has 3 aromatic carbocycles. The third-order valence-corrected chi connectivity index (χ3v) is 6.25. The van der Waals surface area contributed by atoms with Crippen molar-refractivity contribution in [2.75, 3.05) is 27.8 Å². The molecule has 0 saturated heterocycles. The average Bonchev–Trinajstić information content (AvgIpc) is 3.23. The van der Waals surface area contributed by atoms with E-state index in [1.165, 1.54) is 16.1 Å². The monoisotopic (exact) mass is 414 g/mol. The first-order chi connectivity index (χ1) is 14.7. The Bertz CT molecular complexity index is 1190. The fourth-order valence-corrected chi connectivity index (χ4v) is 4.77. The molecule has 30 heavy (non-hydrogen) atoms. The van der Waals surface area contributed by atoms with Crippen LogP contribution in [0.1, 0.15) is 5.56 Å². The van der Waals surface area contributed by atoms with E-state index in [0.717, 1.165) is 41.1 Å². The third-order valence-electron chi connectivity index (χ3n) is 5.21. The number of thioether (sulfide) groups is 1. The van der Waals surface area contributed by atoms with Crippen LogP contribution in [0, 0.1) is 0 Å². The largest absolute Gasteiger partial charge is 0.365 e. The molecule has 0 aliphatic carbocycles. The Morgan fingerprint density at radius 3 is 2.63 bits per heavy atom. The van der Waals surface area contributed by atoms with Crippen molar-refractivity contribution >= 4 is 45.8 Å². The Labute approximate surface area is 179 Å². The zero-order valence-electron chi connectivity index (χ0n) is 16.4. The van der Waals surface area contributed by atoms with Crippen LogP contribution in [0.3, 0.4) is 0 Å². The van der Waals surface area contributed by atoms with Gasteiger partial charge in [-0.3, -0.25) is 0 Å². The van der Waals surface area contributed by atoms with E-state index in [2.05, 4.69) is 56.9 Å². The van der Waals surface area contributed by atoms with Gasteiger partial charge in [-0.05, 0) is 47.3 Å². The summed E-state index contributed by atoms with van der Waals surface area (Å²) in [5, 5.41) is 7.00. The molecule has 0 saturated carbocycles. The number of carbonyl (C=O) groups is 1. The Morgan fingerprint density at radius 2 is 1.77 bits per heavy atom. The molecule has 4 aromatic rings. The van der Waals surface area contributed by atoms with E-state index in [1.54, 1.807) is 0 Å². The number of urea groups is 1. The van der Waals surface area contributed by atoms with Crippen molar-refractivity contribution in [3.63, 3.8) is 0 Å². The van der Waals surface area contributed by atoms with Gasteiger partial charge in [0.2, 0.25) is 0 Å². The van der Waals surface area contributed by atoms with E-state index in [9.17, 15) is 4.79 Å². The normalized spacial score (nSPS) is 13.1. The lowest BCUT2D eigenvalue weighted by atomic mass is 10.2. The molecule has 2 amide bonds. The van der Waals surface area contributed by atoms with Crippen molar-refractivity contribution in [1.29, 1.82) is 0 Å². The summed E-state index contributed by atoms with van der Waals surface area (Å²) in [5.41, 5.74) is 4.98. The van der Waals surface area contributed by atoms with Crippen LogP contribution >= 0.6 is 11.8 Å². The molecule has 150 valence electrons. The van der Waals surface area contributed by atoms with Gasteiger partial charge < -0.3 is 20.5 Å². The standard InChI is InChI=1S/C24H22N4OS/c29-24(26-19-7-6-18-10-11-25-21(18)14-19)27-20-8-9-23-22(15-20)28(12-13-30-23)16-17-4-2-1-3-5-17/h1-11,14-15,25H,12-13,16H2,(H2,26,27,29). The summed E-state index contributed by atoms with van der Waals surface area (Å²) in [5.74, 6) is 1.06. The number of H-pyrrole nitrogens is 1. The van der Waals surface area contributed by atoms with E-state index in [-0.39, 0.29) is 6.03 Å². The van der Waals surface area contributed by atoms with Gasteiger partial charge in [0.25, 0.3) is 0 Å². The maximum absolute atomic E-state index is 12.5. The summed E-state index contributed by atoms with van der Waals surface area (Å²) in [6.07, 6.45) is 1.89. The van der Waals surface area contributed by atoms with Gasteiger partial charge in [-0.1, -0.05) is 36.4 Å². The van der Waals surface area contributed by atoms with Crippen LogP contribution in [0.2, 0.25) is 0 Å². The number of nitrogens with one attached hydrogen (secondary N) is 3. The van der Waals surface area contributed by atoms with Crippen molar-refractivity contribution in [1.82, 2.24) is 4.98 Å². The number of aromatic nitrogens is 1. The number of amides is 2. The molecular formula is C24H22N4OS. The number of anilines is 3. The Balaban J connectivity index is 1.31. The number of hydrogen-bond donors (Lipinski definition) is 3. The lowest BCUT2D eigenvalue weighted by Crippen LogP contribution is -2.29. The lowest BCUT2D eigenvalue weighted by molar-refractivity contribution is 0.262. The smallest absolute Gasteiger partial charge is 0.323 e. The number of hydrogen-bond acceptors (Lipinski definition) is 3. The van der Waals surface area contributed by atoms with Crippen LogP contribution in [0.4, 0.5) is 21.9 Å². The minimum atomic E-state index is -0.251. The van der Waals surface area contributed by atoms with Gasteiger partial charge in [0.1, 0.15) is 0 Å². The topological polar surface area (TPSA) is 60.2 Å². The van der Waals surface area contributed by atoms with Crippen LogP contribution in [0.15, 0.2) is 83.9 Å². The van der Waals surface area contributed by atoms with E-state index in [4.69, 9.17) is 0 Å². The van der Waals surface area contributed by atoms with Gasteiger partial charge >= 0.3 is 6.03 Å². The zero-order chi connectivity index (χ0) is 20.3. The van der Waals surface area contributed by atoms with Crippen LogP contribution in [0.5, 0.6) is 0 Å². The Morgan fingerprint density at radius 1 is 0.967 bits per heavy atom. The molecule has 6 heteroatoms. The average molecular weight is 415 g/mol. The van der Waals surface area contributed by atoms with Gasteiger partial charge in [-0.2, -0.15) is 0 Å². The molecule has 1 aliphatic heterocycles. The molecule has 1 aromatic heterocycles. The predicted molar refractivity (Wildman–Crippen MR) is 126 cm³/mol. The first kappa shape index (κ1) is 18.6. The van der Waals surface area contributed by atoms with Gasteiger partial charge in [0.15, 0.2) is 0 Å². The Kier molecular flexibility index (Phi) is 5.07. The highest BCUT2D eigenvalue weighted by Gasteiger charge is 2.18. The second-order valence-corrected chi connectivity index (χ2v) is 8.43. The summed E-state index contributed by atoms with van der Waals surface area (Å²) in [6, 6.07) is 24.2. The minimum absolute atomic E-state index is 0.251. The molecule has 3 N–H and O–H groups in total. The first-order valence-corrected chi connectivity index (χ1v) is 10.9. The molecule has 1 aliphatic rings. The number of nitrogens with zero attached hydrogens (tertiary/aromatic N) is 1. The highest BCUT2D eigenvalue weighted by Crippen LogP contribution is 2.37. The SMILES string of the molecule is O=C(Nc1ccc2c(c1)N(Cc1ccccc1)CCS2)Nc1ccc2cc[nH]c2c1. The number of carbonyl (C=O) groups excluding carboxylic acids is 1. The number of rotatable bonds is 4. The van der Waals surface area contributed by atoms with Gasteiger partial charge in [0.05, 0.1) is 5.69 Å². The third kappa shape index (κ3) is 4.00. The number of aromatic amines is 1. The van der Waals surface area contributed by atoms with Crippen molar-refractivity contribution in [2.45, 2.75) is 11.4 Å². The number of fused-ring (bicyclic) bond motifs is 2. The molecule has 5 nitrogen and oxygen atoms in total.